The Morgan fingerprint density at radius 1 is 0.880 bits per heavy atom. The highest BCUT2D eigenvalue weighted by Gasteiger charge is 2.07. The zero-order valence-electron chi connectivity index (χ0n) is 16.3. The highest BCUT2D eigenvalue weighted by Crippen LogP contribution is 2.10. The van der Waals surface area contributed by atoms with E-state index in [9.17, 15) is 4.79 Å². The SMILES string of the molecule is CCCCCCCCC=CCCCCCCCC(=O)OC[C@H](O)CO. The van der Waals surface area contributed by atoms with E-state index in [1.165, 1.54) is 57.8 Å². The predicted octanol–water partition coefficient (Wildman–Crippen LogP) is 4.92. The molecule has 25 heavy (non-hydrogen) atoms. The molecule has 148 valence electrons. The molecule has 0 aliphatic rings. The molecule has 2 N–H and O–H groups in total. The van der Waals surface area contributed by atoms with E-state index in [0.717, 1.165) is 25.7 Å². The molecule has 0 rings (SSSR count). The van der Waals surface area contributed by atoms with Gasteiger partial charge in [0.05, 0.1) is 6.61 Å². The molecule has 0 bridgehead atoms. The molecule has 0 heterocycles. The Bertz CT molecular complexity index is 315. The first-order valence-corrected chi connectivity index (χ1v) is 10.3. The lowest BCUT2D eigenvalue weighted by Crippen LogP contribution is -2.21. The fourth-order valence-corrected chi connectivity index (χ4v) is 2.65. The number of aliphatic hydroxyl groups is 2. The number of unbranched alkanes of at least 4 members (excludes halogenated alkanes) is 11. The van der Waals surface area contributed by atoms with E-state index < -0.39 is 6.10 Å². The van der Waals surface area contributed by atoms with Crippen LogP contribution in [0.4, 0.5) is 0 Å². The smallest absolute Gasteiger partial charge is 0.305 e. The van der Waals surface area contributed by atoms with Gasteiger partial charge in [0.2, 0.25) is 0 Å². The molecule has 0 radical (unpaired) electrons. The third-order valence-electron chi connectivity index (χ3n) is 4.29. The average Bonchev–Trinajstić information content (AvgIpc) is 2.62. The normalized spacial score (nSPS) is 12.6. The van der Waals surface area contributed by atoms with Gasteiger partial charge >= 0.3 is 5.97 Å². The number of ether oxygens (including phenoxy) is 1. The van der Waals surface area contributed by atoms with Gasteiger partial charge in [-0.1, -0.05) is 70.4 Å². The lowest BCUT2D eigenvalue weighted by atomic mass is 10.1. The van der Waals surface area contributed by atoms with Gasteiger partial charge in [-0.3, -0.25) is 4.79 Å². The molecule has 0 fully saturated rings. The summed E-state index contributed by atoms with van der Waals surface area (Å²) in [7, 11) is 0. The second-order valence-electron chi connectivity index (χ2n) is 6.85. The van der Waals surface area contributed by atoms with E-state index >= 15 is 0 Å². The fourth-order valence-electron chi connectivity index (χ4n) is 2.65. The molecular formula is C21H40O4. The zero-order chi connectivity index (χ0) is 18.6. The number of hydrogen-bond donors (Lipinski definition) is 2. The molecule has 0 saturated carbocycles. The number of carbonyl (C=O) groups excluding carboxylic acids is 1. The monoisotopic (exact) mass is 356 g/mol. The van der Waals surface area contributed by atoms with Crippen LogP contribution in [0.5, 0.6) is 0 Å². The number of rotatable bonds is 18. The Hall–Kier alpha value is -0.870. The summed E-state index contributed by atoms with van der Waals surface area (Å²) in [6.07, 6.45) is 20.1. The maximum atomic E-state index is 11.4. The second-order valence-corrected chi connectivity index (χ2v) is 6.85. The maximum absolute atomic E-state index is 11.4. The van der Waals surface area contributed by atoms with E-state index in [0.29, 0.717) is 6.42 Å². The maximum Gasteiger partial charge on any atom is 0.305 e. The van der Waals surface area contributed by atoms with Gasteiger partial charge in [-0.15, -0.1) is 0 Å². The average molecular weight is 357 g/mol. The van der Waals surface area contributed by atoms with E-state index in [1.54, 1.807) is 0 Å². The largest absolute Gasteiger partial charge is 0.463 e. The van der Waals surface area contributed by atoms with Gasteiger partial charge in [-0.25, -0.2) is 0 Å². The molecule has 0 saturated heterocycles. The molecule has 4 nitrogen and oxygen atoms in total. The van der Waals surface area contributed by atoms with Crippen molar-refractivity contribution in [2.24, 2.45) is 0 Å². The lowest BCUT2D eigenvalue weighted by molar-refractivity contribution is -0.147. The Balaban J connectivity index is 3.22. The number of carbonyl (C=O) groups is 1. The van der Waals surface area contributed by atoms with E-state index in [2.05, 4.69) is 19.1 Å². The standard InChI is InChI=1S/C21H40O4/c1-2-3-4-5-6-7-8-9-10-11-12-13-14-15-16-17-21(24)25-19-20(23)18-22/h9-10,20,22-23H,2-8,11-19H2,1H3/t20-/m1/s1. The lowest BCUT2D eigenvalue weighted by Gasteiger charge is -2.08. The first-order chi connectivity index (χ1) is 12.2. The second kappa shape index (κ2) is 19.5. The van der Waals surface area contributed by atoms with Crippen LogP contribution in [-0.2, 0) is 9.53 Å². The van der Waals surface area contributed by atoms with Crippen LogP contribution in [0.1, 0.15) is 96.8 Å². The molecule has 0 aromatic carbocycles. The van der Waals surface area contributed by atoms with Crippen LogP contribution < -0.4 is 0 Å². The summed E-state index contributed by atoms with van der Waals surface area (Å²) >= 11 is 0. The summed E-state index contributed by atoms with van der Waals surface area (Å²) < 4.78 is 4.86. The molecule has 0 aliphatic carbocycles. The van der Waals surface area contributed by atoms with Gasteiger partial charge in [0.15, 0.2) is 0 Å². The summed E-state index contributed by atoms with van der Waals surface area (Å²) in [5.41, 5.74) is 0. The Morgan fingerprint density at radius 2 is 1.40 bits per heavy atom. The van der Waals surface area contributed by atoms with Crippen molar-refractivity contribution in [2.45, 2.75) is 103 Å². The van der Waals surface area contributed by atoms with Crippen molar-refractivity contribution in [3.63, 3.8) is 0 Å². The highest BCUT2D eigenvalue weighted by atomic mass is 16.5. The topological polar surface area (TPSA) is 66.8 Å². The molecule has 0 aromatic heterocycles. The van der Waals surface area contributed by atoms with Crippen molar-refractivity contribution >= 4 is 5.97 Å². The van der Waals surface area contributed by atoms with E-state index in [-0.39, 0.29) is 19.2 Å². The minimum atomic E-state index is -0.960. The van der Waals surface area contributed by atoms with Crippen molar-refractivity contribution < 1.29 is 19.7 Å². The van der Waals surface area contributed by atoms with E-state index in [4.69, 9.17) is 14.9 Å². The number of allylic oxidation sites excluding steroid dienone is 2. The first-order valence-electron chi connectivity index (χ1n) is 10.3. The molecule has 4 heteroatoms. The Labute approximate surface area is 154 Å². The minimum absolute atomic E-state index is 0.111. The van der Waals surface area contributed by atoms with Crippen molar-refractivity contribution in [1.29, 1.82) is 0 Å². The Kier molecular flexibility index (Phi) is 18.8. The van der Waals surface area contributed by atoms with Gasteiger partial charge in [0.1, 0.15) is 12.7 Å². The van der Waals surface area contributed by atoms with Crippen LogP contribution in [0.3, 0.4) is 0 Å². The van der Waals surface area contributed by atoms with Gasteiger partial charge < -0.3 is 14.9 Å². The van der Waals surface area contributed by atoms with Crippen LogP contribution in [0, 0.1) is 0 Å². The molecule has 0 unspecified atom stereocenters. The summed E-state index contributed by atoms with van der Waals surface area (Å²) in [6, 6.07) is 0. The van der Waals surface area contributed by atoms with Gasteiger partial charge in [-0.05, 0) is 32.1 Å². The number of esters is 1. The summed E-state index contributed by atoms with van der Waals surface area (Å²) in [4.78, 5) is 11.4. The highest BCUT2D eigenvalue weighted by molar-refractivity contribution is 5.69. The van der Waals surface area contributed by atoms with Crippen LogP contribution in [0.15, 0.2) is 12.2 Å². The zero-order valence-corrected chi connectivity index (χ0v) is 16.3. The molecule has 0 aromatic rings. The predicted molar refractivity (Wildman–Crippen MR) is 104 cm³/mol. The van der Waals surface area contributed by atoms with Gasteiger partial charge in [0.25, 0.3) is 0 Å². The quantitative estimate of drug-likeness (QED) is 0.208. The number of aliphatic hydroxyl groups excluding tert-OH is 2. The third-order valence-corrected chi connectivity index (χ3v) is 4.29. The van der Waals surface area contributed by atoms with Gasteiger partial charge in [0, 0.05) is 6.42 Å². The molecule has 1 atom stereocenters. The molecular weight excluding hydrogens is 316 g/mol. The number of hydrogen-bond acceptors (Lipinski definition) is 4. The van der Waals surface area contributed by atoms with Crippen LogP contribution in [0.25, 0.3) is 0 Å². The van der Waals surface area contributed by atoms with Crippen molar-refractivity contribution in [1.82, 2.24) is 0 Å². The van der Waals surface area contributed by atoms with Crippen LogP contribution >= 0.6 is 0 Å². The van der Waals surface area contributed by atoms with Crippen LogP contribution in [-0.4, -0.2) is 35.5 Å². The van der Waals surface area contributed by atoms with Crippen molar-refractivity contribution in [3.05, 3.63) is 12.2 Å². The molecule has 0 aliphatic heterocycles. The minimum Gasteiger partial charge on any atom is -0.463 e. The summed E-state index contributed by atoms with van der Waals surface area (Å²) in [5, 5.41) is 17.7. The van der Waals surface area contributed by atoms with E-state index in [1.807, 2.05) is 0 Å². The fraction of sp³-hybridized carbons (Fsp3) is 0.857. The molecule has 0 amide bonds. The summed E-state index contributed by atoms with van der Waals surface area (Å²) in [6.45, 7) is 1.77. The van der Waals surface area contributed by atoms with Crippen molar-refractivity contribution in [3.8, 4) is 0 Å². The molecule has 0 spiro atoms. The van der Waals surface area contributed by atoms with Crippen molar-refractivity contribution in [2.75, 3.05) is 13.2 Å². The Morgan fingerprint density at radius 3 is 1.96 bits per heavy atom. The van der Waals surface area contributed by atoms with Crippen LogP contribution in [0.2, 0.25) is 0 Å². The first kappa shape index (κ1) is 24.1. The third kappa shape index (κ3) is 19.3. The summed E-state index contributed by atoms with van der Waals surface area (Å²) in [5.74, 6) is -0.287. The van der Waals surface area contributed by atoms with Gasteiger partial charge in [-0.2, -0.15) is 0 Å².